The summed E-state index contributed by atoms with van der Waals surface area (Å²) in [5.74, 6) is 0.932. The Kier molecular flexibility index (Phi) is 4.15. The number of ether oxygens (including phenoxy) is 1. The molecule has 106 valence electrons. The number of nitrogens with one attached hydrogen (secondary N) is 1. The van der Waals surface area contributed by atoms with Crippen LogP contribution in [0.2, 0.25) is 0 Å². The molecular weight excluding hydrogens is 334 g/mol. The smallest absolute Gasteiger partial charge is 0.124 e. The second-order valence-electron chi connectivity index (χ2n) is 5.06. The minimum Gasteiger partial charge on any atom is -0.496 e. The van der Waals surface area contributed by atoms with Gasteiger partial charge < -0.3 is 10.1 Å². The SMILES string of the molecule is CNC(c1cc2c(s1)CCC2)c1cc(Br)ccc1OC. The molecule has 0 saturated heterocycles. The summed E-state index contributed by atoms with van der Waals surface area (Å²) >= 11 is 5.50. The van der Waals surface area contributed by atoms with Crippen molar-refractivity contribution >= 4 is 27.3 Å². The van der Waals surface area contributed by atoms with E-state index >= 15 is 0 Å². The van der Waals surface area contributed by atoms with Crippen molar-refractivity contribution in [3.05, 3.63) is 49.6 Å². The van der Waals surface area contributed by atoms with Gasteiger partial charge in [0.2, 0.25) is 0 Å². The first-order chi connectivity index (χ1) is 9.72. The third kappa shape index (κ3) is 2.52. The summed E-state index contributed by atoms with van der Waals surface area (Å²) in [5, 5.41) is 3.43. The molecule has 1 aliphatic rings. The van der Waals surface area contributed by atoms with E-state index in [0.717, 1.165) is 10.2 Å². The molecule has 0 saturated carbocycles. The van der Waals surface area contributed by atoms with Crippen molar-refractivity contribution < 1.29 is 4.74 Å². The summed E-state index contributed by atoms with van der Waals surface area (Å²) in [6.45, 7) is 0. The average Bonchev–Trinajstić information content (AvgIpc) is 3.01. The first kappa shape index (κ1) is 14.1. The molecule has 4 heteroatoms. The van der Waals surface area contributed by atoms with Crippen molar-refractivity contribution in [3.63, 3.8) is 0 Å². The fourth-order valence-electron chi connectivity index (χ4n) is 2.88. The predicted octanol–water partition coefficient (Wildman–Crippen LogP) is 4.32. The van der Waals surface area contributed by atoms with Gasteiger partial charge in [-0.2, -0.15) is 0 Å². The minimum atomic E-state index is 0.193. The molecule has 0 spiro atoms. The van der Waals surface area contributed by atoms with Gasteiger partial charge in [-0.05, 0) is 56.1 Å². The molecule has 0 fully saturated rings. The molecular formula is C16H18BrNOS. The lowest BCUT2D eigenvalue weighted by molar-refractivity contribution is 0.405. The van der Waals surface area contributed by atoms with Crippen molar-refractivity contribution in [1.82, 2.24) is 5.32 Å². The van der Waals surface area contributed by atoms with Crippen LogP contribution in [-0.2, 0) is 12.8 Å². The summed E-state index contributed by atoms with van der Waals surface area (Å²) in [6.07, 6.45) is 3.79. The Morgan fingerprint density at radius 1 is 1.30 bits per heavy atom. The van der Waals surface area contributed by atoms with Crippen LogP contribution >= 0.6 is 27.3 Å². The van der Waals surface area contributed by atoms with E-state index in [4.69, 9.17) is 4.74 Å². The zero-order chi connectivity index (χ0) is 14.1. The van der Waals surface area contributed by atoms with E-state index < -0.39 is 0 Å². The fraction of sp³-hybridized carbons (Fsp3) is 0.375. The van der Waals surface area contributed by atoms with Crippen LogP contribution in [-0.4, -0.2) is 14.2 Å². The molecule has 2 nitrogen and oxygen atoms in total. The Labute approximate surface area is 132 Å². The number of methoxy groups -OCH3 is 1. The highest BCUT2D eigenvalue weighted by molar-refractivity contribution is 9.10. The molecule has 1 aliphatic carbocycles. The van der Waals surface area contributed by atoms with Crippen LogP contribution in [0.1, 0.15) is 33.3 Å². The van der Waals surface area contributed by atoms with Crippen LogP contribution in [0.25, 0.3) is 0 Å². The fourth-order valence-corrected chi connectivity index (χ4v) is 4.64. The highest BCUT2D eigenvalue weighted by Gasteiger charge is 2.22. The second-order valence-corrected chi connectivity index (χ2v) is 7.14. The molecule has 0 bridgehead atoms. The topological polar surface area (TPSA) is 21.3 Å². The summed E-state index contributed by atoms with van der Waals surface area (Å²) in [5.41, 5.74) is 2.73. The van der Waals surface area contributed by atoms with Crippen LogP contribution in [0.15, 0.2) is 28.7 Å². The number of hydrogen-bond donors (Lipinski definition) is 1. The van der Waals surface area contributed by atoms with Gasteiger partial charge >= 0.3 is 0 Å². The number of fused-ring (bicyclic) bond motifs is 1. The van der Waals surface area contributed by atoms with E-state index in [2.05, 4.69) is 33.4 Å². The lowest BCUT2D eigenvalue weighted by Crippen LogP contribution is -2.17. The average molecular weight is 352 g/mol. The van der Waals surface area contributed by atoms with Gasteiger partial charge in [-0.3, -0.25) is 0 Å². The maximum absolute atomic E-state index is 5.53. The van der Waals surface area contributed by atoms with Crippen LogP contribution in [0.4, 0.5) is 0 Å². The van der Waals surface area contributed by atoms with E-state index in [-0.39, 0.29) is 6.04 Å². The number of hydrogen-bond acceptors (Lipinski definition) is 3. The predicted molar refractivity (Wildman–Crippen MR) is 87.9 cm³/mol. The number of halogens is 1. The maximum atomic E-state index is 5.53. The van der Waals surface area contributed by atoms with Crippen LogP contribution < -0.4 is 10.1 Å². The molecule has 1 N–H and O–H groups in total. The zero-order valence-corrected chi connectivity index (χ0v) is 14.1. The van der Waals surface area contributed by atoms with Gasteiger partial charge in [0.25, 0.3) is 0 Å². The van der Waals surface area contributed by atoms with Crippen molar-refractivity contribution in [2.24, 2.45) is 0 Å². The van der Waals surface area contributed by atoms with Gasteiger partial charge in [0, 0.05) is 19.8 Å². The standard InChI is InChI=1S/C16H18BrNOS/c1-18-16(12-9-11(17)6-7-13(12)19-2)15-8-10-4-3-5-14(10)20-15/h6-9,16,18H,3-5H2,1-2H3. The molecule has 0 amide bonds. The Morgan fingerprint density at radius 3 is 2.85 bits per heavy atom. The molecule has 1 atom stereocenters. The molecule has 20 heavy (non-hydrogen) atoms. The Balaban J connectivity index is 2.02. The van der Waals surface area contributed by atoms with Crippen LogP contribution in [0.3, 0.4) is 0 Å². The molecule has 1 aromatic carbocycles. The Hall–Kier alpha value is -0.840. The minimum absolute atomic E-state index is 0.193. The van der Waals surface area contributed by atoms with Crippen molar-refractivity contribution in [2.45, 2.75) is 25.3 Å². The Bertz CT molecular complexity index is 601. The first-order valence-corrected chi connectivity index (χ1v) is 8.46. The summed E-state index contributed by atoms with van der Waals surface area (Å²) < 4.78 is 6.61. The first-order valence-electron chi connectivity index (χ1n) is 6.85. The van der Waals surface area contributed by atoms with E-state index in [1.807, 2.05) is 30.5 Å². The monoisotopic (exact) mass is 351 g/mol. The number of aryl methyl sites for hydroxylation is 2. The van der Waals surface area contributed by atoms with Gasteiger partial charge in [-0.1, -0.05) is 15.9 Å². The summed E-state index contributed by atoms with van der Waals surface area (Å²) in [7, 11) is 3.74. The van der Waals surface area contributed by atoms with Crippen LogP contribution in [0, 0.1) is 0 Å². The van der Waals surface area contributed by atoms with Gasteiger partial charge in [-0.25, -0.2) is 0 Å². The highest BCUT2D eigenvalue weighted by atomic mass is 79.9. The van der Waals surface area contributed by atoms with E-state index in [1.165, 1.54) is 29.7 Å². The molecule has 1 heterocycles. The summed E-state index contributed by atoms with van der Waals surface area (Å²) in [6, 6.07) is 8.74. The second kappa shape index (κ2) is 5.88. The van der Waals surface area contributed by atoms with Gasteiger partial charge in [0.05, 0.1) is 13.2 Å². The largest absolute Gasteiger partial charge is 0.496 e. The third-order valence-electron chi connectivity index (χ3n) is 3.84. The van der Waals surface area contributed by atoms with E-state index in [1.54, 1.807) is 17.6 Å². The number of rotatable bonds is 4. The van der Waals surface area contributed by atoms with E-state index in [0.29, 0.717) is 0 Å². The molecule has 3 rings (SSSR count). The number of thiophene rings is 1. The highest BCUT2D eigenvalue weighted by Crippen LogP contribution is 2.39. The lowest BCUT2D eigenvalue weighted by atomic mass is 10.0. The molecule has 0 radical (unpaired) electrons. The normalized spacial score (nSPS) is 15.2. The van der Waals surface area contributed by atoms with Gasteiger partial charge in [0.1, 0.15) is 5.75 Å². The molecule has 0 aliphatic heterocycles. The Morgan fingerprint density at radius 2 is 2.15 bits per heavy atom. The number of benzene rings is 1. The van der Waals surface area contributed by atoms with E-state index in [9.17, 15) is 0 Å². The third-order valence-corrected chi connectivity index (χ3v) is 5.64. The summed E-state index contributed by atoms with van der Waals surface area (Å²) in [4.78, 5) is 2.95. The molecule has 1 unspecified atom stereocenters. The van der Waals surface area contributed by atoms with Crippen molar-refractivity contribution in [1.29, 1.82) is 0 Å². The van der Waals surface area contributed by atoms with Crippen molar-refractivity contribution in [2.75, 3.05) is 14.2 Å². The lowest BCUT2D eigenvalue weighted by Gasteiger charge is -2.18. The van der Waals surface area contributed by atoms with Crippen molar-refractivity contribution in [3.8, 4) is 5.75 Å². The quantitative estimate of drug-likeness (QED) is 0.885. The zero-order valence-electron chi connectivity index (χ0n) is 11.7. The maximum Gasteiger partial charge on any atom is 0.124 e. The molecule has 1 aromatic heterocycles. The molecule has 2 aromatic rings. The van der Waals surface area contributed by atoms with Gasteiger partial charge in [0.15, 0.2) is 0 Å². The van der Waals surface area contributed by atoms with Crippen LogP contribution in [0.5, 0.6) is 5.75 Å². The van der Waals surface area contributed by atoms with Gasteiger partial charge in [-0.15, -0.1) is 11.3 Å².